The van der Waals surface area contributed by atoms with E-state index in [2.05, 4.69) is 34.8 Å². The van der Waals surface area contributed by atoms with Gasteiger partial charge in [-0.25, -0.2) is 5.43 Å². The summed E-state index contributed by atoms with van der Waals surface area (Å²) in [7, 11) is 1.58. The quantitative estimate of drug-likeness (QED) is 0.253. The summed E-state index contributed by atoms with van der Waals surface area (Å²) < 4.78 is 16.9. The third kappa shape index (κ3) is 6.05. The van der Waals surface area contributed by atoms with Crippen molar-refractivity contribution in [2.24, 2.45) is 5.10 Å². The van der Waals surface area contributed by atoms with Crippen LogP contribution in [0, 0.1) is 0 Å². The van der Waals surface area contributed by atoms with Crippen molar-refractivity contribution in [2.45, 2.75) is 6.61 Å². The van der Waals surface area contributed by atoms with E-state index in [1.54, 1.807) is 37.4 Å². The van der Waals surface area contributed by atoms with Crippen LogP contribution in [-0.2, 0) is 11.4 Å². The Bertz CT molecular complexity index is 1300. The zero-order chi connectivity index (χ0) is 23.8. The highest BCUT2D eigenvalue weighted by Crippen LogP contribution is 2.29. The van der Waals surface area contributed by atoms with Gasteiger partial charge >= 0.3 is 0 Å². The first-order valence-electron chi connectivity index (χ1n) is 10.6. The van der Waals surface area contributed by atoms with E-state index in [-0.39, 0.29) is 12.5 Å². The van der Waals surface area contributed by atoms with Crippen LogP contribution in [-0.4, -0.2) is 25.8 Å². The van der Waals surface area contributed by atoms with Crippen LogP contribution in [0.2, 0.25) is 5.02 Å². The van der Waals surface area contributed by atoms with E-state index in [1.165, 1.54) is 11.6 Å². The topological polar surface area (TPSA) is 69.2 Å². The van der Waals surface area contributed by atoms with Crippen LogP contribution in [0.4, 0.5) is 0 Å². The lowest BCUT2D eigenvalue weighted by Gasteiger charge is -2.12. The number of hydrazone groups is 1. The molecule has 0 radical (unpaired) electrons. The number of methoxy groups -OCH3 is 1. The average molecular weight is 475 g/mol. The van der Waals surface area contributed by atoms with Gasteiger partial charge in [0.15, 0.2) is 18.1 Å². The third-order valence-corrected chi connectivity index (χ3v) is 5.29. The highest BCUT2D eigenvalue weighted by atomic mass is 35.5. The Morgan fingerprint density at radius 2 is 1.74 bits per heavy atom. The highest BCUT2D eigenvalue weighted by molar-refractivity contribution is 6.30. The molecule has 0 bridgehead atoms. The summed E-state index contributed by atoms with van der Waals surface area (Å²) in [4.78, 5) is 11.9. The van der Waals surface area contributed by atoms with Crippen LogP contribution in [0.3, 0.4) is 0 Å². The molecule has 34 heavy (non-hydrogen) atoms. The van der Waals surface area contributed by atoms with Gasteiger partial charge in [0, 0.05) is 5.02 Å². The normalized spacial score (nSPS) is 10.9. The standard InChI is InChI=1S/C27H23ClN2O4/c1-32-26-15-19(16-29-30-27(31)18-33-23-12-10-22(28)11-13-23)9-14-25(26)34-17-21-7-4-6-20-5-2-3-8-24(20)21/h2-16H,17-18H2,1H3,(H,30,31)/b29-16-. The van der Waals surface area contributed by atoms with Gasteiger partial charge in [-0.1, -0.05) is 54.1 Å². The highest BCUT2D eigenvalue weighted by Gasteiger charge is 2.08. The average Bonchev–Trinajstić information content (AvgIpc) is 2.87. The Balaban J connectivity index is 1.33. The minimum atomic E-state index is -0.381. The molecule has 0 aromatic heterocycles. The first kappa shape index (κ1) is 23.1. The number of amides is 1. The van der Waals surface area contributed by atoms with Crippen LogP contribution in [0.1, 0.15) is 11.1 Å². The van der Waals surface area contributed by atoms with E-state index in [0.29, 0.717) is 28.9 Å². The van der Waals surface area contributed by atoms with E-state index in [1.807, 2.05) is 30.3 Å². The first-order chi connectivity index (χ1) is 16.6. The van der Waals surface area contributed by atoms with Crippen molar-refractivity contribution in [1.29, 1.82) is 0 Å². The SMILES string of the molecule is COc1cc(/C=N\NC(=O)COc2ccc(Cl)cc2)ccc1OCc1cccc2ccccc12. The fraction of sp³-hybridized carbons (Fsp3) is 0.111. The molecule has 4 rings (SSSR count). The summed E-state index contributed by atoms with van der Waals surface area (Å²) in [6, 6.07) is 26.5. The lowest BCUT2D eigenvalue weighted by molar-refractivity contribution is -0.123. The van der Waals surface area contributed by atoms with E-state index < -0.39 is 0 Å². The summed E-state index contributed by atoms with van der Waals surface area (Å²) in [6.07, 6.45) is 1.52. The molecule has 0 aliphatic heterocycles. The summed E-state index contributed by atoms with van der Waals surface area (Å²) >= 11 is 5.83. The molecule has 0 saturated carbocycles. The molecule has 0 saturated heterocycles. The molecule has 0 atom stereocenters. The van der Waals surface area contributed by atoms with Gasteiger partial charge in [-0.15, -0.1) is 0 Å². The number of nitrogens with zero attached hydrogens (tertiary/aromatic N) is 1. The number of carbonyl (C=O) groups is 1. The van der Waals surface area contributed by atoms with Crippen LogP contribution in [0.15, 0.2) is 90.0 Å². The second-order valence-electron chi connectivity index (χ2n) is 7.37. The Morgan fingerprint density at radius 3 is 2.56 bits per heavy atom. The fourth-order valence-corrected chi connectivity index (χ4v) is 3.47. The van der Waals surface area contributed by atoms with E-state index in [4.69, 9.17) is 25.8 Å². The number of rotatable bonds is 9. The van der Waals surface area contributed by atoms with E-state index in [0.717, 1.165) is 16.5 Å². The summed E-state index contributed by atoms with van der Waals surface area (Å²) in [6.45, 7) is 0.248. The lowest BCUT2D eigenvalue weighted by Crippen LogP contribution is -2.24. The molecule has 7 heteroatoms. The molecule has 4 aromatic carbocycles. The summed E-state index contributed by atoms with van der Waals surface area (Å²) in [5, 5.41) is 6.90. The molecule has 1 amide bonds. The van der Waals surface area contributed by atoms with Crippen molar-refractivity contribution >= 4 is 34.5 Å². The van der Waals surface area contributed by atoms with Gasteiger partial charge in [0.25, 0.3) is 5.91 Å². The molecule has 1 N–H and O–H groups in total. The van der Waals surface area contributed by atoms with E-state index in [9.17, 15) is 4.79 Å². The van der Waals surface area contributed by atoms with Crippen molar-refractivity contribution in [3.05, 3.63) is 101 Å². The largest absolute Gasteiger partial charge is 0.493 e. The van der Waals surface area contributed by atoms with Crippen molar-refractivity contribution in [3.8, 4) is 17.2 Å². The summed E-state index contributed by atoms with van der Waals surface area (Å²) in [5.41, 5.74) is 4.27. The molecule has 6 nitrogen and oxygen atoms in total. The smallest absolute Gasteiger partial charge is 0.277 e. The molecule has 4 aromatic rings. The molecule has 0 fully saturated rings. The second-order valence-corrected chi connectivity index (χ2v) is 7.81. The molecule has 172 valence electrons. The number of carbonyl (C=O) groups excluding carboxylic acids is 1. The Kier molecular flexibility index (Phi) is 7.63. The minimum absolute atomic E-state index is 0.163. The Labute approximate surface area is 202 Å². The monoisotopic (exact) mass is 474 g/mol. The zero-order valence-corrected chi connectivity index (χ0v) is 19.3. The van der Waals surface area contributed by atoms with Crippen molar-refractivity contribution in [2.75, 3.05) is 13.7 Å². The molecule has 0 spiro atoms. The first-order valence-corrected chi connectivity index (χ1v) is 11.0. The lowest BCUT2D eigenvalue weighted by atomic mass is 10.1. The number of benzene rings is 4. The van der Waals surface area contributed by atoms with Gasteiger partial charge in [-0.05, 0) is 64.4 Å². The van der Waals surface area contributed by atoms with Crippen LogP contribution < -0.4 is 19.6 Å². The van der Waals surface area contributed by atoms with Crippen LogP contribution in [0.5, 0.6) is 17.2 Å². The predicted molar refractivity (Wildman–Crippen MR) is 134 cm³/mol. The third-order valence-electron chi connectivity index (χ3n) is 5.04. The number of halogens is 1. The maximum Gasteiger partial charge on any atom is 0.277 e. The van der Waals surface area contributed by atoms with Crippen molar-refractivity contribution < 1.29 is 19.0 Å². The van der Waals surface area contributed by atoms with Gasteiger partial charge in [0.05, 0.1) is 13.3 Å². The van der Waals surface area contributed by atoms with Crippen molar-refractivity contribution in [1.82, 2.24) is 5.43 Å². The molecular weight excluding hydrogens is 452 g/mol. The van der Waals surface area contributed by atoms with Gasteiger partial charge in [0.2, 0.25) is 0 Å². The molecule has 0 unspecified atom stereocenters. The van der Waals surface area contributed by atoms with Gasteiger partial charge in [0.1, 0.15) is 12.4 Å². The van der Waals surface area contributed by atoms with Gasteiger partial charge in [-0.3, -0.25) is 4.79 Å². The number of fused-ring (bicyclic) bond motifs is 1. The van der Waals surface area contributed by atoms with Gasteiger partial charge in [-0.2, -0.15) is 5.10 Å². The number of hydrogen-bond donors (Lipinski definition) is 1. The van der Waals surface area contributed by atoms with E-state index >= 15 is 0 Å². The maximum absolute atomic E-state index is 11.9. The number of ether oxygens (including phenoxy) is 3. The number of hydrogen-bond acceptors (Lipinski definition) is 5. The maximum atomic E-state index is 11.9. The van der Waals surface area contributed by atoms with Crippen molar-refractivity contribution in [3.63, 3.8) is 0 Å². The Morgan fingerprint density at radius 1 is 0.941 bits per heavy atom. The minimum Gasteiger partial charge on any atom is -0.493 e. The van der Waals surface area contributed by atoms with Crippen LogP contribution in [0.25, 0.3) is 10.8 Å². The second kappa shape index (κ2) is 11.2. The van der Waals surface area contributed by atoms with Gasteiger partial charge < -0.3 is 14.2 Å². The predicted octanol–water partition coefficient (Wildman–Crippen LogP) is 5.61. The van der Waals surface area contributed by atoms with Crippen LogP contribution >= 0.6 is 11.6 Å². The zero-order valence-electron chi connectivity index (χ0n) is 18.5. The molecular formula is C27H23ClN2O4. The fourth-order valence-electron chi connectivity index (χ4n) is 3.35. The molecule has 0 aliphatic rings. The summed E-state index contributed by atoms with van der Waals surface area (Å²) in [5.74, 6) is 1.36. The Hall–Kier alpha value is -4.03. The molecule has 0 heterocycles. The molecule has 0 aliphatic carbocycles. The number of nitrogens with one attached hydrogen (secondary N) is 1.